The fourth-order valence-electron chi connectivity index (χ4n) is 3.13. The van der Waals surface area contributed by atoms with Crippen LogP contribution in [0.5, 0.6) is 0 Å². The normalized spacial score (nSPS) is 24.3. The third kappa shape index (κ3) is 3.10. The Bertz CT molecular complexity index is 428. The van der Waals surface area contributed by atoms with E-state index in [2.05, 4.69) is 61.9 Å². The second-order valence-corrected chi connectivity index (χ2v) is 6.42. The van der Waals surface area contributed by atoms with Gasteiger partial charge in [-0.1, -0.05) is 12.1 Å². The molecular weight excluding hydrogens is 234 g/mol. The van der Waals surface area contributed by atoms with E-state index in [1.54, 1.807) is 0 Å². The molecule has 0 aromatic heterocycles. The monoisotopic (exact) mass is 261 g/mol. The highest BCUT2D eigenvalue weighted by atomic mass is 15.3. The number of likely N-dealkylation sites (N-methyl/N-ethyl adjacent to an activating group) is 1. The van der Waals surface area contributed by atoms with Gasteiger partial charge in [0.15, 0.2) is 0 Å². The molecule has 3 heteroatoms. The molecule has 1 fully saturated rings. The van der Waals surface area contributed by atoms with Crippen molar-refractivity contribution >= 4 is 5.69 Å². The molecular formula is C16H27N3. The SMILES string of the molecule is Cc1cccc(N2C(CN)CN(C)CCC2(C)C)c1. The fraction of sp³-hybridized carbons (Fsp3) is 0.625. The minimum absolute atomic E-state index is 0.141. The third-order valence-corrected chi connectivity index (χ3v) is 4.20. The van der Waals surface area contributed by atoms with Crippen molar-refractivity contribution in [3.8, 4) is 0 Å². The van der Waals surface area contributed by atoms with Gasteiger partial charge in [-0.05, 0) is 51.9 Å². The van der Waals surface area contributed by atoms with Crippen molar-refractivity contribution in [1.29, 1.82) is 0 Å². The third-order valence-electron chi connectivity index (χ3n) is 4.20. The molecule has 106 valence electrons. The van der Waals surface area contributed by atoms with E-state index in [0.29, 0.717) is 12.6 Å². The van der Waals surface area contributed by atoms with E-state index in [1.165, 1.54) is 11.3 Å². The van der Waals surface area contributed by atoms with Gasteiger partial charge in [0.1, 0.15) is 0 Å². The predicted molar refractivity (Wildman–Crippen MR) is 82.7 cm³/mol. The van der Waals surface area contributed by atoms with E-state index < -0.39 is 0 Å². The second-order valence-electron chi connectivity index (χ2n) is 6.42. The van der Waals surface area contributed by atoms with Gasteiger partial charge in [-0.25, -0.2) is 0 Å². The van der Waals surface area contributed by atoms with Crippen molar-refractivity contribution in [2.75, 3.05) is 31.6 Å². The van der Waals surface area contributed by atoms with Crippen LogP contribution >= 0.6 is 0 Å². The van der Waals surface area contributed by atoms with Crippen LogP contribution in [-0.2, 0) is 0 Å². The highest BCUT2D eigenvalue weighted by molar-refractivity contribution is 5.52. The number of anilines is 1. The van der Waals surface area contributed by atoms with Gasteiger partial charge in [-0.15, -0.1) is 0 Å². The summed E-state index contributed by atoms with van der Waals surface area (Å²) in [6.45, 7) is 9.67. The zero-order valence-corrected chi connectivity index (χ0v) is 12.7. The molecule has 1 aliphatic rings. The van der Waals surface area contributed by atoms with Crippen LogP contribution in [0, 0.1) is 6.92 Å². The average Bonchev–Trinajstić information content (AvgIpc) is 2.46. The van der Waals surface area contributed by atoms with Gasteiger partial charge in [0.05, 0.1) is 6.04 Å². The molecule has 1 heterocycles. The number of nitrogens with zero attached hydrogens (tertiary/aromatic N) is 2. The summed E-state index contributed by atoms with van der Waals surface area (Å²) >= 11 is 0. The first kappa shape index (κ1) is 14.4. The van der Waals surface area contributed by atoms with E-state index in [0.717, 1.165) is 19.5 Å². The first-order valence-electron chi connectivity index (χ1n) is 7.18. The average molecular weight is 261 g/mol. The highest BCUT2D eigenvalue weighted by Gasteiger charge is 2.35. The molecule has 3 nitrogen and oxygen atoms in total. The Morgan fingerprint density at radius 3 is 2.74 bits per heavy atom. The van der Waals surface area contributed by atoms with Gasteiger partial charge < -0.3 is 15.5 Å². The smallest absolute Gasteiger partial charge is 0.0544 e. The standard InChI is InChI=1S/C16H27N3/c1-13-6-5-7-14(10-13)19-15(11-17)12-18(4)9-8-16(19,2)3/h5-7,10,15H,8-9,11-12,17H2,1-4H3. The van der Waals surface area contributed by atoms with Crippen LogP contribution < -0.4 is 10.6 Å². The van der Waals surface area contributed by atoms with E-state index >= 15 is 0 Å². The lowest BCUT2D eigenvalue weighted by Gasteiger charge is -2.43. The summed E-state index contributed by atoms with van der Waals surface area (Å²) in [5.74, 6) is 0. The summed E-state index contributed by atoms with van der Waals surface area (Å²) in [6.07, 6.45) is 1.16. The first-order chi connectivity index (χ1) is 8.94. The maximum Gasteiger partial charge on any atom is 0.0544 e. The van der Waals surface area contributed by atoms with Crippen LogP contribution in [0.25, 0.3) is 0 Å². The van der Waals surface area contributed by atoms with Crippen LogP contribution in [0.2, 0.25) is 0 Å². The molecule has 1 aliphatic heterocycles. The van der Waals surface area contributed by atoms with Crippen molar-refractivity contribution < 1.29 is 0 Å². The summed E-state index contributed by atoms with van der Waals surface area (Å²) < 4.78 is 0. The van der Waals surface area contributed by atoms with Crippen LogP contribution in [0.1, 0.15) is 25.8 Å². The molecule has 19 heavy (non-hydrogen) atoms. The van der Waals surface area contributed by atoms with Gasteiger partial charge in [0, 0.05) is 30.9 Å². The van der Waals surface area contributed by atoms with Gasteiger partial charge in [0.2, 0.25) is 0 Å². The van der Waals surface area contributed by atoms with Crippen molar-refractivity contribution in [2.24, 2.45) is 5.73 Å². The molecule has 2 N–H and O–H groups in total. The van der Waals surface area contributed by atoms with Crippen LogP contribution in [0.4, 0.5) is 5.69 Å². The summed E-state index contributed by atoms with van der Waals surface area (Å²) in [5, 5.41) is 0. The maximum atomic E-state index is 6.05. The quantitative estimate of drug-likeness (QED) is 0.886. The van der Waals surface area contributed by atoms with Crippen LogP contribution in [0.3, 0.4) is 0 Å². The molecule has 1 unspecified atom stereocenters. The summed E-state index contributed by atoms with van der Waals surface area (Å²) in [7, 11) is 2.19. The van der Waals surface area contributed by atoms with Gasteiger partial charge >= 0.3 is 0 Å². The Balaban J connectivity index is 2.41. The Morgan fingerprint density at radius 1 is 1.37 bits per heavy atom. The lowest BCUT2D eigenvalue weighted by atomic mass is 9.95. The molecule has 0 spiro atoms. The molecule has 1 saturated heterocycles. The van der Waals surface area contributed by atoms with Gasteiger partial charge in [-0.2, -0.15) is 0 Å². The van der Waals surface area contributed by atoms with Crippen LogP contribution in [0.15, 0.2) is 24.3 Å². The fourth-order valence-corrected chi connectivity index (χ4v) is 3.13. The maximum absolute atomic E-state index is 6.05. The number of nitrogens with two attached hydrogens (primary N) is 1. The zero-order chi connectivity index (χ0) is 14.0. The summed E-state index contributed by atoms with van der Waals surface area (Å²) in [4.78, 5) is 4.93. The predicted octanol–water partition coefficient (Wildman–Crippen LogP) is 2.24. The largest absolute Gasteiger partial charge is 0.361 e. The molecule has 0 bridgehead atoms. The lowest BCUT2D eigenvalue weighted by molar-refractivity contribution is 0.329. The second kappa shape index (κ2) is 5.51. The molecule has 1 atom stereocenters. The van der Waals surface area contributed by atoms with E-state index in [9.17, 15) is 0 Å². The molecule has 0 amide bonds. The minimum Gasteiger partial charge on any atom is -0.361 e. The Kier molecular flexibility index (Phi) is 4.16. The molecule has 0 radical (unpaired) electrons. The summed E-state index contributed by atoms with van der Waals surface area (Å²) in [5.41, 5.74) is 8.80. The van der Waals surface area contributed by atoms with Crippen molar-refractivity contribution in [1.82, 2.24) is 4.90 Å². The van der Waals surface area contributed by atoms with E-state index in [4.69, 9.17) is 5.73 Å². The number of rotatable bonds is 2. The molecule has 0 saturated carbocycles. The molecule has 2 rings (SSSR count). The number of aryl methyl sites for hydroxylation is 1. The van der Waals surface area contributed by atoms with Crippen LogP contribution in [-0.4, -0.2) is 43.2 Å². The Morgan fingerprint density at radius 2 is 2.11 bits per heavy atom. The Labute approximate surface area is 117 Å². The number of hydrogen-bond donors (Lipinski definition) is 1. The molecule has 1 aromatic rings. The molecule has 0 aliphatic carbocycles. The van der Waals surface area contributed by atoms with Gasteiger partial charge in [-0.3, -0.25) is 0 Å². The van der Waals surface area contributed by atoms with E-state index in [1.807, 2.05) is 0 Å². The van der Waals surface area contributed by atoms with E-state index in [-0.39, 0.29) is 5.54 Å². The first-order valence-corrected chi connectivity index (χ1v) is 7.18. The highest BCUT2D eigenvalue weighted by Crippen LogP contribution is 2.31. The number of hydrogen-bond acceptors (Lipinski definition) is 3. The van der Waals surface area contributed by atoms with Gasteiger partial charge in [0.25, 0.3) is 0 Å². The van der Waals surface area contributed by atoms with Crippen molar-refractivity contribution in [3.63, 3.8) is 0 Å². The summed E-state index contributed by atoms with van der Waals surface area (Å²) in [6, 6.07) is 9.16. The Hall–Kier alpha value is -1.06. The molecule has 1 aromatic carbocycles. The van der Waals surface area contributed by atoms with Crippen molar-refractivity contribution in [3.05, 3.63) is 29.8 Å². The number of benzene rings is 1. The topological polar surface area (TPSA) is 32.5 Å². The zero-order valence-electron chi connectivity index (χ0n) is 12.7. The van der Waals surface area contributed by atoms with Crippen molar-refractivity contribution in [2.45, 2.75) is 38.8 Å². The minimum atomic E-state index is 0.141. The lowest BCUT2D eigenvalue weighted by Crippen LogP contribution is -2.54.